The number of hydrogen-bond donors (Lipinski definition) is 0. The Morgan fingerprint density at radius 1 is 1.47 bits per heavy atom. The molecule has 1 aromatic rings. The molecule has 2 rings (SSSR count). The van der Waals surface area contributed by atoms with E-state index in [2.05, 4.69) is 6.92 Å². The highest BCUT2D eigenvalue weighted by atomic mass is 35.5. The minimum absolute atomic E-state index is 0.170. The van der Waals surface area contributed by atoms with Gasteiger partial charge in [-0.1, -0.05) is 31.4 Å². The summed E-state index contributed by atoms with van der Waals surface area (Å²) in [7, 11) is 0. The SMILES string of the molecule is CCCCC1CC(C(=O)c2ccc(Cl)cc2)=[N+]([O-])O1. The number of Topliss-reactive ketones (excluding diaryl/α,β-unsaturated/α-hetero) is 1. The van der Waals surface area contributed by atoms with Crippen molar-refractivity contribution in [1.82, 2.24) is 0 Å². The molecule has 0 radical (unpaired) electrons. The van der Waals surface area contributed by atoms with Crippen LogP contribution in [0.25, 0.3) is 0 Å². The first-order chi connectivity index (χ1) is 9.11. The first kappa shape index (κ1) is 13.9. The van der Waals surface area contributed by atoms with Crippen LogP contribution >= 0.6 is 11.6 Å². The molecule has 0 saturated heterocycles. The van der Waals surface area contributed by atoms with Crippen LogP contribution < -0.4 is 0 Å². The molecular formula is C14H16ClNO3. The van der Waals surface area contributed by atoms with Crippen LogP contribution in [-0.2, 0) is 4.84 Å². The fraction of sp³-hybridized carbons (Fsp3) is 0.429. The number of benzene rings is 1. The van der Waals surface area contributed by atoms with Crippen LogP contribution in [0.3, 0.4) is 0 Å². The van der Waals surface area contributed by atoms with Gasteiger partial charge in [-0.3, -0.25) is 10.0 Å². The molecule has 0 fully saturated rings. The van der Waals surface area contributed by atoms with Crippen LogP contribution in [0.5, 0.6) is 0 Å². The Morgan fingerprint density at radius 2 is 2.16 bits per heavy atom. The second-order valence-corrected chi connectivity index (χ2v) is 5.05. The highest BCUT2D eigenvalue weighted by molar-refractivity contribution is 6.44. The average molecular weight is 282 g/mol. The summed E-state index contributed by atoms with van der Waals surface area (Å²) in [5.41, 5.74) is 0.628. The van der Waals surface area contributed by atoms with E-state index in [0.29, 0.717) is 21.9 Å². The molecule has 1 heterocycles. The highest BCUT2D eigenvalue weighted by Crippen LogP contribution is 2.19. The zero-order valence-electron chi connectivity index (χ0n) is 10.8. The van der Waals surface area contributed by atoms with Gasteiger partial charge in [0, 0.05) is 15.5 Å². The number of rotatable bonds is 5. The Bertz CT molecular complexity index is 496. The van der Waals surface area contributed by atoms with Crippen molar-refractivity contribution in [3.8, 4) is 0 Å². The molecule has 0 N–H and O–H groups in total. The van der Waals surface area contributed by atoms with E-state index in [1.54, 1.807) is 24.3 Å². The Labute approximate surface area is 117 Å². The number of ketones is 1. The molecule has 0 bridgehead atoms. The van der Waals surface area contributed by atoms with E-state index in [1.807, 2.05) is 0 Å². The third-order valence-corrected chi connectivity index (χ3v) is 3.39. The van der Waals surface area contributed by atoms with Gasteiger partial charge in [0.2, 0.25) is 0 Å². The summed E-state index contributed by atoms with van der Waals surface area (Å²) < 4.78 is 0. The molecule has 1 atom stereocenters. The summed E-state index contributed by atoms with van der Waals surface area (Å²) in [6.45, 7) is 2.08. The van der Waals surface area contributed by atoms with Crippen molar-refractivity contribution in [3.05, 3.63) is 40.1 Å². The highest BCUT2D eigenvalue weighted by Gasteiger charge is 2.33. The average Bonchev–Trinajstić information content (AvgIpc) is 2.77. The van der Waals surface area contributed by atoms with Crippen LogP contribution in [0.1, 0.15) is 43.0 Å². The maximum Gasteiger partial charge on any atom is 0.293 e. The molecule has 0 aromatic heterocycles. The molecule has 1 aliphatic heterocycles. The van der Waals surface area contributed by atoms with E-state index in [4.69, 9.17) is 16.4 Å². The van der Waals surface area contributed by atoms with Crippen molar-refractivity contribution in [1.29, 1.82) is 0 Å². The molecule has 0 amide bonds. The van der Waals surface area contributed by atoms with E-state index < -0.39 is 0 Å². The van der Waals surface area contributed by atoms with Crippen LogP contribution in [0.4, 0.5) is 0 Å². The predicted octanol–water partition coefficient (Wildman–Crippen LogP) is 3.37. The van der Waals surface area contributed by atoms with Gasteiger partial charge in [-0.25, -0.2) is 0 Å². The van der Waals surface area contributed by atoms with E-state index in [-0.39, 0.29) is 17.6 Å². The molecular weight excluding hydrogens is 266 g/mol. The molecule has 19 heavy (non-hydrogen) atoms. The summed E-state index contributed by atoms with van der Waals surface area (Å²) >= 11 is 5.77. The first-order valence-corrected chi connectivity index (χ1v) is 6.79. The third-order valence-electron chi connectivity index (χ3n) is 3.13. The molecule has 1 unspecified atom stereocenters. The topological polar surface area (TPSA) is 52.4 Å². The predicted molar refractivity (Wildman–Crippen MR) is 73.4 cm³/mol. The minimum atomic E-state index is -0.286. The van der Waals surface area contributed by atoms with E-state index in [1.165, 1.54) is 0 Å². The van der Waals surface area contributed by atoms with Crippen molar-refractivity contribution in [2.24, 2.45) is 0 Å². The number of hydrogen-bond acceptors (Lipinski definition) is 3. The number of carbonyl (C=O) groups excluding carboxylic acids is 1. The second-order valence-electron chi connectivity index (χ2n) is 4.61. The molecule has 4 nitrogen and oxygen atoms in total. The Balaban J connectivity index is 2.07. The van der Waals surface area contributed by atoms with Crippen molar-refractivity contribution in [2.45, 2.75) is 38.7 Å². The van der Waals surface area contributed by atoms with Gasteiger partial charge in [0.1, 0.15) is 0 Å². The van der Waals surface area contributed by atoms with E-state index in [0.717, 1.165) is 19.3 Å². The summed E-state index contributed by atoms with van der Waals surface area (Å²) in [4.78, 5) is 17.7. The molecule has 1 aromatic carbocycles. The summed E-state index contributed by atoms with van der Waals surface area (Å²) in [6.07, 6.45) is 3.03. The van der Waals surface area contributed by atoms with Crippen LogP contribution in [-0.4, -0.2) is 22.5 Å². The molecule has 0 spiro atoms. The smallest absolute Gasteiger partial charge is 0.293 e. The maximum atomic E-state index is 12.2. The largest absolute Gasteiger partial charge is 0.399 e. The molecule has 0 aliphatic carbocycles. The lowest BCUT2D eigenvalue weighted by Crippen LogP contribution is -2.19. The van der Waals surface area contributed by atoms with Crippen LogP contribution in [0.15, 0.2) is 24.3 Å². The number of halogens is 1. The summed E-state index contributed by atoms with van der Waals surface area (Å²) in [5.74, 6) is -0.286. The van der Waals surface area contributed by atoms with Gasteiger partial charge in [0.05, 0.1) is 12.5 Å². The van der Waals surface area contributed by atoms with E-state index in [9.17, 15) is 10.0 Å². The third kappa shape index (κ3) is 3.26. The number of nitrogens with zero attached hydrogens (tertiary/aromatic N) is 1. The van der Waals surface area contributed by atoms with Gasteiger partial charge < -0.3 is 4.84 Å². The molecule has 5 heteroatoms. The van der Waals surface area contributed by atoms with Gasteiger partial charge in [-0.2, -0.15) is 0 Å². The molecule has 102 valence electrons. The van der Waals surface area contributed by atoms with Crippen molar-refractivity contribution in [2.75, 3.05) is 0 Å². The van der Waals surface area contributed by atoms with Crippen molar-refractivity contribution < 1.29 is 14.5 Å². The first-order valence-electron chi connectivity index (χ1n) is 6.42. The van der Waals surface area contributed by atoms with Crippen LogP contribution in [0, 0.1) is 5.21 Å². The monoisotopic (exact) mass is 281 g/mol. The Kier molecular flexibility index (Phi) is 4.43. The number of carbonyl (C=O) groups is 1. The molecule has 1 aliphatic rings. The second kappa shape index (κ2) is 6.06. The minimum Gasteiger partial charge on any atom is -0.399 e. The lowest BCUT2D eigenvalue weighted by molar-refractivity contribution is -0.740. The van der Waals surface area contributed by atoms with E-state index >= 15 is 0 Å². The normalized spacial score (nSPS) is 18.5. The standard InChI is InChI=1S/C14H16ClNO3/c1-2-3-4-12-9-13(16(18)19-12)14(17)10-5-7-11(15)8-6-10/h5-8,12H,2-4,9H2,1H3. The zero-order valence-corrected chi connectivity index (χ0v) is 11.5. The van der Waals surface area contributed by atoms with Crippen molar-refractivity contribution in [3.63, 3.8) is 0 Å². The van der Waals surface area contributed by atoms with Gasteiger partial charge >= 0.3 is 0 Å². The maximum absolute atomic E-state index is 12.2. The van der Waals surface area contributed by atoms with Gasteiger partial charge in [-0.15, -0.1) is 0 Å². The summed E-state index contributed by atoms with van der Waals surface area (Å²) in [5, 5.41) is 12.2. The molecule has 0 saturated carbocycles. The van der Waals surface area contributed by atoms with Crippen molar-refractivity contribution >= 4 is 23.1 Å². The quantitative estimate of drug-likeness (QED) is 0.614. The fourth-order valence-electron chi connectivity index (χ4n) is 2.06. The summed E-state index contributed by atoms with van der Waals surface area (Å²) in [6, 6.07) is 6.50. The zero-order chi connectivity index (χ0) is 13.8. The van der Waals surface area contributed by atoms with Gasteiger partial charge in [0.25, 0.3) is 11.5 Å². The Morgan fingerprint density at radius 3 is 2.79 bits per heavy atom. The fourth-order valence-corrected chi connectivity index (χ4v) is 2.18. The van der Waals surface area contributed by atoms with Gasteiger partial charge in [0.15, 0.2) is 0 Å². The Hall–Kier alpha value is -1.55. The number of unbranched alkanes of at least 4 members (excludes halogenated alkanes) is 1. The lowest BCUT2D eigenvalue weighted by atomic mass is 10.0. The van der Waals surface area contributed by atoms with Gasteiger partial charge in [-0.05, 0) is 30.7 Å². The lowest BCUT2D eigenvalue weighted by Gasteiger charge is -2.09. The van der Waals surface area contributed by atoms with Crippen LogP contribution in [0.2, 0.25) is 5.02 Å².